The van der Waals surface area contributed by atoms with Crippen molar-refractivity contribution in [3.8, 4) is 11.5 Å². The Balaban J connectivity index is 1.83. The summed E-state index contributed by atoms with van der Waals surface area (Å²) in [6.07, 6.45) is 0.949. The van der Waals surface area contributed by atoms with E-state index in [9.17, 15) is 0 Å². The molecule has 0 aliphatic heterocycles. The number of nitrogen functional groups attached to an aromatic ring is 1. The maximum absolute atomic E-state index is 5.85. The normalized spacial score (nSPS) is 10.3. The average Bonchev–Trinajstić information content (AvgIpc) is 2.47. The Hall–Kier alpha value is -1.87. The maximum atomic E-state index is 5.85. The van der Waals surface area contributed by atoms with Gasteiger partial charge in [0, 0.05) is 6.07 Å². The summed E-state index contributed by atoms with van der Waals surface area (Å²) in [5, 5.41) is 0.533. The second-order valence-electron chi connectivity index (χ2n) is 4.34. The van der Waals surface area contributed by atoms with Crippen LogP contribution in [-0.2, 0) is 6.42 Å². The van der Waals surface area contributed by atoms with E-state index in [0.29, 0.717) is 29.7 Å². The standard InChI is InChI=1S/C16H18ClNO2/c1-2-12-5-3-4-6-16(12)20-10-9-19-13-7-8-14(17)15(18)11-13/h3-8,11H,2,9-10,18H2,1H3. The summed E-state index contributed by atoms with van der Waals surface area (Å²) in [5.41, 5.74) is 7.42. The van der Waals surface area contributed by atoms with Crippen molar-refractivity contribution in [3.05, 3.63) is 53.1 Å². The van der Waals surface area contributed by atoms with E-state index in [-0.39, 0.29) is 0 Å². The number of aryl methyl sites for hydroxylation is 1. The number of benzene rings is 2. The molecule has 0 radical (unpaired) electrons. The van der Waals surface area contributed by atoms with E-state index in [1.54, 1.807) is 18.2 Å². The predicted octanol–water partition coefficient (Wildman–Crippen LogP) is 3.94. The zero-order valence-electron chi connectivity index (χ0n) is 11.4. The molecule has 0 fully saturated rings. The molecule has 3 nitrogen and oxygen atoms in total. The summed E-state index contributed by atoms with van der Waals surface area (Å²) in [5.74, 6) is 1.61. The highest BCUT2D eigenvalue weighted by Gasteiger charge is 2.02. The van der Waals surface area contributed by atoms with Crippen molar-refractivity contribution in [2.24, 2.45) is 0 Å². The highest BCUT2D eigenvalue weighted by atomic mass is 35.5. The molecule has 0 saturated carbocycles. The molecule has 0 heterocycles. The van der Waals surface area contributed by atoms with Gasteiger partial charge in [-0.05, 0) is 30.2 Å². The Morgan fingerprint density at radius 2 is 1.80 bits per heavy atom. The van der Waals surface area contributed by atoms with Crippen LogP contribution >= 0.6 is 11.6 Å². The molecule has 2 rings (SSSR count). The zero-order valence-corrected chi connectivity index (χ0v) is 12.2. The molecule has 2 N–H and O–H groups in total. The van der Waals surface area contributed by atoms with E-state index in [0.717, 1.165) is 12.2 Å². The molecule has 0 atom stereocenters. The molecule has 2 aromatic carbocycles. The van der Waals surface area contributed by atoms with Gasteiger partial charge in [0.2, 0.25) is 0 Å². The van der Waals surface area contributed by atoms with Gasteiger partial charge in [-0.3, -0.25) is 0 Å². The first kappa shape index (κ1) is 14.5. The molecule has 20 heavy (non-hydrogen) atoms. The van der Waals surface area contributed by atoms with E-state index in [1.165, 1.54) is 5.56 Å². The van der Waals surface area contributed by atoms with Crippen molar-refractivity contribution in [1.82, 2.24) is 0 Å². The Labute approximate surface area is 124 Å². The fourth-order valence-electron chi connectivity index (χ4n) is 1.86. The second kappa shape index (κ2) is 7.06. The van der Waals surface area contributed by atoms with Gasteiger partial charge >= 0.3 is 0 Å². The third-order valence-electron chi connectivity index (χ3n) is 2.93. The molecule has 0 aromatic heterocycles. The molecule has 4 heteroatoms. The molecule has 0 aliphatic rings. The highest BCUT2D eigenvalue weighted by Crippen LogP contribution is 2.24. The lowest BCUT2D eigenvalue weighted by atomic mass is 10.1. The van der Waals surface area contributed by atoms with Crippen LogP contribution in [0.4, 0.5) is 5.69 Å². The van der Waals surface area contributed by atoms with Gasteiger partial charge in [-0.15, -0.1) is 0 Å². The number of hydrogen-bond acceptors (Lipinski definition) is 3. The number of hydrogen-bond donors (Lipinski definition) is 1. The predicted molar refractivity (Wildman–Crippen MR) is 82.7 cm³/mol. The summed E-state index contributed by atoms with van der Waals surface area (Å²) in [7, 11) is 0. The number of para-hydroxylation sites is 1. The van der Waals surface area contributed by atoms with Crippen molar-refractivity contribution in [1.29, 1.82) is 0 Å². The Kier molecular flexibility index (Phi) is 5.13. The number of anilines is 1. The maximum Gasteiger partial charge on any atom is 0.122 e. The minimum Gasteiger partial charge on any atom is -0.490 e. The van der Waals surface area contributed by atoms with E-state index in [2.05, 4.69) is 13.0 Å². The van der Waals surface area contributed by atoms with Crippen LogP contribution in [0.5, 0.6) is 11.5 Å². The van der Waals surface area contributed by atoms with Gasteiger partial charge in [0.1, 0.15) is 24.7 Å². The van der Waals surface area contributed by atoms with Crippen LogP contribution in [0.2, 0.25) is 5.02 Å². The van der Waals surface area contributed by atoms with E-state index in [4.69, 9.17) is 26.8 Å². The summed E-state index contributed by atoms with van der Waals surface area (Å²) in [6.45, 7) is 3.05. The van der Waals surface area contributed by atoms with Crippen molar-refractivity contribution in [2.45, 2.75) is 13.3 Å². The van der Waals surface area contributed by atoms with Gasteiger partial charge in [-0.2, -0.15) is 0 Å². The van der Waals surface area contributed by atoms with Gasteiger partial charge < -0.3 is 15.2 Å². The summed E-state index contributed by atoms with van der Waals surface area (Å²) < 4.78 is 11.3. The summed E-state index contributed by atoms with van der Waals surface area (Å²) in [4.78, 5) is 0. The minimum absolute atomic E-state index is 0.457. The molecule has 0 spiro atoms. The third-order valence-corrected chi connectivity index (χ3v) is 3.27. The molecule has 0 amide bonds. The molecule has 0 aliphatic carbocycles. The lowest BCUT2D eigenvalue weighted by Gasteiger charge is -2.11. The number of rotatable bonds is 6. The lowest BCUT2D eigenvalue weighted by molar-refractivity contribution is 0.216. The average molecular weight is 292 g/mol. The van der Waals surface area contributed by atoms with Gasteiger partial charge in [0.25, 0.3) is 0 Å². The molecule has 106 valence electrons. The quantitative estimate of drug-likeness (QED) is 0.647. The monoisotopic (exact) mass is 291 g/mol. The van der Waals surface area contributed by atoms with Crippen molar-refractivity contribution >= 4 is 17.3 Å². The van der Waals surface area contributed by atoms with Crippen LogP contribution in [0.3, 0.4) is 0 Å². The molecular formula is C16H18ClNO2. The minimum atomic E-state index is 0.457. The lowest BCUT2D eigenvalue weighted by Crippen LogP contribution is -2.10. The Morgan fingerprint density at radius 1 is 1.05 bits per heavy atom. The van der Waals surface area contributed by atoms with Crippen LogP contribution in [0.1, 0.15) is 12.5 Å². The third kappa shape index (κ3) is 3.81. The second-order valence-corrected chi connectivity index (χ2v) is 4.75. The molecule has 2 aromatic rings. The summed E-state index contributed by atoms with van der Waals surface area (Å²) in [6, 6.07) is 13.2. The van der Waals surface area contributed by atoms with E-state index < -0.39 is 0 Å². The number of nitrogens with two attached hydrogens (primary N) is 1. The van der Waals surface area contributed by atoms with Gasteiger partial charge in [-0.1, -0.05) is 36.7 Å². The number of halogens is 1. The van der Waals surface area contributed by atoms with Gasteiger partial charge in [0.05, 0.1) is 10.7 Å². The first-order valence-electron chi connectivity index (χ1n) is 6.59. The van der Waals surface area contributed by atoms with E-state index >= 15 is 0 Å². The molecule has 0 unspecified atom stereocenters. The zero-order chi connectivity index (χ0) is 14.4. The van der Waals surface area contributed by atoms with Crippen molar-refractivity contribution < 1.29 is 9.47 Å². The van der Waals surface area contributed by atoms with E-state index in [1.807, 2.05) is 18.2 Å². The smallest absolute Gasteiger partial charge is 0.122 e. The highest BCUT2D eigenvalue weighted by molar-refractivity contribution is 6.33. The summed E-state index contributed by atoms with van der Waals surface area (Å²) >= 11 is 5.85. The van der Waals surface area contributed by atoms with Gasteiger partial charge in [0.15, 0.2) is 0 Å². The first-order chi connectivity index (χ1) is 9.70. The van der Waals surface area contributed by atoms with Crippen molar-refractivity contribution in [3.63, 3.8) is 0 Å². The molecule has 0 bridgehead atoms. The van der Waals surface area contributed by atoms with Crippen LogP contribution in [-0.4, -0.2) is 13.2 Å². The SMILES string of the molecule is CCc1ccccc1OCCOc1ccc(Cl)c(N)c1. The van der Waals surface area contributed by atoms with Crippen LogP contribution in [0.25, 0.3) is 0 Å². The van der Waals surface area contributed by atoms with Gasteiger partial charge in [-0.25, -0.2) is 0 Å². The topological polar surface area (TPSA) is 44.5 Å². The largest absolute Gasteiger partial charge is 0.490 e. The Bertz CT molecular complexity index is 572. The van der Waals surface area contributed by atoms with Crippen LogP contribution in [0.15, 0.2) is 42.5 Å². The fraction of sp³-hybridized carbons (Fsp3) is 0.250. The number of ether oxygens (including phenoxy) is 2. The fourth-order valence-corrected chi connectivity index (χ4v) is 1.98. The van der Waals surface area contributed by atoms with Crippen LogP contribution in [0, 0.1) is 0 Å². The van der Waals surface area contributed by atoms with Crippen LogP contribution < -0.4 is 15.2 Å². The Morgan fingerprint density at radius 3 is 2.55 bits per heavy atom. The van der Waals surface area contributed by atoms with Crippen molar-refractivity contribution in [2.75, 3.05) is 18.9 Å². The molecule has 0 saturated heterocycles. The molecular weight excluding hydrogens is 274 g/mol. The first-order valence-corrected chi connectivity index (χ1v) is 6.97.